The van der Waals surface area contributed by atoms with Crippen LogP contribution in [0.4, 0.5) is 0 Å². The predicted molar refractivity (Wildman–Crippen MR) is 68.9 cm³/mol. The molecule has 1 aliphatic heterocycles. The van der Waals surface area contributed by atoms with Crippen molar-refractivity contribution in [3.05, 3.63) is 23.8 Å². The fourth-order valence-electron chi connectivity index (χ4n) is 1.98. The van der Waals surface area contributed by atoms with Crippen LogP contribution >= 0.6 is 0 Å². The summed E-state index contributed by atoms with van der Waals surface area (Å²) in [5, 5.41) is 18.6. The van der Waals surface area contributed by atoms with Gasteiger partial charge in [0.15, 0.2) is 21.3 Å². The van der Waals surface area contributed by atoms with Crippen LogP contribution in [0.25, 0.3) is 0 Å². The number of sulfone groups is 1. The van der Waals surface area contributed by atoms with Gasteiger partial charge in [0.1, 0.15) is 0 Å². The molecule has 1 aliphatic rings. The predicted octanol–water partition coefficient (Wildman–Crippen LogP) is 0.359. The number of carbonyl (C=O) groups is 1. The minimum absolute atomic E-state index is 0.0389. The van der Waals surface area contributed by atoms with Crippen LogP contribution in [0, 0.1) is 0 Å². The molecular weight excluding hydrogens is 270 g/mol. The first-order valence-corrected chi connectivity index (χ1v) is 7.73. The number of carbonyl (C=O) groups excluding carboxylic acids is 1. The van der Waals surface area contributed by atoms with E-state index in [1.165, 1.54) is 23.1 Å². The van der Waals surface area contributed by atoms with Crippen LogP contribution in [0.1, 0.15) is 16.8 Å². The Bertz CT molecular complexity index is 596. The summed E-state index contributed by atoms with van der Waals surface area (Å²) in [4.78, 5) is 13.6. The van der Waals surface area contributed by atoms with Gasteiger partial charge in [-0.1, -0.05) is 0 Å². The third-order valence-corrected chi connectivity index (χ3v) is 4.78. The van der Waals surface area contributed by atoms with E-state index < -0.39 is 9.84 Å². The number of hydrogen-bond acceptors (Lipinski definition) is 5. The van der Waals surface area contributed by atoms with Crippen molar-refractivity contribution >= 4 is 15.7 Å². The Hall–Kier alpha value is -1.76. The number of nitrogens with zero attached hydrogens (tertiary/aromatic N) is 1. The molecule has 1 saturated heterocycles. The fourth-order valence-corrected chi connectivity index (χ4v) is 3.25. The lowest BCUT2D eigenvalue weighted by Crippen LogP contribution is -2.33. The summed E-state index contributed by atoms with van der Waals surface area (Å²) in [6, 6.07) is 3.81. The maximum absolute atomic E-state index is 12.2. The van der Waals surface area contributed by atoms with Crippen LogP contribution in [-0.2, 0) is 9.84 Å². The second kappa shape index (κ2) is 5.08. The molecule has 0 spiro atoms. The van der Waals surface area contributed by atoms with Gasteiger partial charge in [-0.25, -0.2) is 8.42 Å². The lowest BCUT2D eigenvalue weighted by atomic mass is 10.1. The van der Waals surface area contributed by atoms with Crippen LogP contribution in [0.2, 0.25) is 0 Å². The quantitative estimate of drug-likeness (QED) is 0.726. The number of phenols is 2. The Kier molecular flexibility index (Phi) is 3.66. The van der Waals surface area contributed by atoms with E-state index in [0.29, 0.717) is 13.0 Å². The lowest BCUT2D eigenvalue weighted by Gasteiger charge is -2.19. The number of phenolic OH excluding ortho intramolecular Hbond substituents is 2. The van der Waals surface area contributed by atoms with Crippen LogP contribution in [-0.4, -0.2) is 54.0 Å². The Labute approximate surface area is 111 Å². The first-order chi connectivity index (χ1) is 8.89. The van der Waals surface area contributed by atoms with E-state index in [0.717, 1.165) is 0 Å². The molecule has 19 heavy (non-hydrogen) atoms. The Morgan fingerprint density at radius 2 is 1.84 bits per heavy atom. The zero-order valence-electron chi connectivity index (χ0n) is 10.2. The topological polar surface area (TPSA) is 94.9 Å². The summed E-state index contributed by atoms with van der Waals surface area (Å²) < 4.78 is 22.9. The minimum atomic E-state index is -3.07. The highest BCUT2D eigenvalue weighted by molar-refractivity contribution is 7.91. The van der Waals surface area contributed by atoms with Crippen molar-refractivity contribution in [1.29, 1.82) is 0 Å². The Balaban J connectivity index is 2.17. The normalized spacial score (nSPS) is 18.8. The first kappa shape index (κ1) is 13.7. The third-order valence-electron chi connectivity index (χ3n) is 3.07. The summed E-state index contributed by atoms with van der Waals surface area (Å²) in [6.07, 6.45) is 0.415. The zero-order chi connectivity index (χ0) is 14.0. The zero-order valence-corrected chi connectivity index (χ0v) is 11.1. The van der Waals surface area contributed by atoms with Gasteiger partial charge >= 0.3 is 0 Å². The van der Waals surface area contributed by atoms with Crippen molar-refractivity contribution < 1.29 is 23.4 Å². The summed E-state index contributed by atoms with van der Waals surface area (Å²) in [5.41, 5.74) is 0.231. The van der Waals surface area contributed by atoms with Gasteiger partial charge in [-0.3, -0.25) is 4.79 Å². The number of amides is 1. The standard InChI is InChI=1S/C12H15NO5S/c14-10-3-2-9(8-11(10)15)12(16)13-4-1-6-19(17,18)7-5-13/h2-3,8,14-15H,1,4-7H2. The molecule has 0 aliphatic carbocycles. The molecule has 1 aromatic rings. The average molecular weight is 285 g/mol. The molecule has 0 saturated carbocycles. The highest BCUT2D eigenvalue weighted by atomic mass is 32.2. The number of benzene rings is 1. The Morgan fingerprint density at radius 1 is 1.11 bits per heavy atom. The summed E-state index contributed by atoms with van der Waals surface area (Å²) in [6.45, 7) is 0.530. The second-order valence-electron chi connectivity index (χ2n) is 4.50. The largest absolute Gasteiger partial charge is 0.504 e. The van der Waals surface area contributed by atoms with Gasteiger partial charge in [0.25, 0.3) is 5.91 Å². The number of hydrogen-bond donors (Lipinski definition) is 2. The minimum Gasteiger partial charge on any atom is -0.504 e. The third kappa shape index (κ3) is 3.17. The van der Waals surface area contributed by atoms with Crippen LogP contribution in [0.5, 0.6) is 11.5 Å². The highest BCUT2D eigenvalue weighted by Crippen LogP contribution is 2.25. The highest BCUT2D eigenvalue weighted by Gasteiger charge is 2.23. The van der Waals surface area contributed by atoms with Crippen molar-refractivity contribution in [3.8, 4) is 11.5 Å². The molecular formula is C12H15NO5S. The lowest BCUT2D eigenvalue weighted by molar-refractivity contribution is 0.0768. The molecule has 0 aromatic heterocycles. The summed E-state index contributed by atoms with van der Waals surface area (Å²) in [5.74, 6) is -0.948. The monoisotopic (exact) mass is 285 g/mol. The van der Waals surface area contributed by atoms with E-state index in [-0.39, 0.29) is 41.0 Å². The maximum atomic E-state index is 12.2. The molecule has 6 nitrogen and oxygen atoms in total. The van der Waals surface area contributed by atoms with Gasteiger partial charge < -0.3 is 15.1 Å². The van der Waals surface area contributed by atoms with Crippen molar-refractivity contribution in [3.63, 3.8) is 0 Å². The SMILES string of the molecule is O=C(c1ccc(O)c(O)c1)N1CCCS(=O)(=O)CC1. The molecule has 104 valence electrons. The maximum Gasteiger partial charge on any atom is 0.254 e. The van der Waals surface area contributed by atoms with Gasteiger partial charge in [-0.2, -0.15) is 0 Å². The van der Waals surface area contributed by atoms with Crippen LogP contribution < -0.4 is 0 Å². The Morgan fingerprint density at radius 3 is 2.53 bits per heavy atom. The van der Waals surface area contributed by atoms with Crippen LogP contribution in [0.3, 0.4) is 0 Å². The van der Waals surface area contributed by atoms with Crippen molar-refractivity contribution in [2.75, 3.05) is 24.6 Å². The van der Waals surface area contributed by atoms with E-state index in [2.05, 4.69) is 0 Å². The summed E-state index contributed by atoms with van der Waals surface area (Å²) in [7, 11) is -3.07. The molecule has 1 fully saturated rings. The van der Waals surface area contributed by atoms with Gasteiger partial charge in [-0.05, 0) is 24.6 Å². The molecule has 0 atom stereocenters. The molecule has 1 aromatic carbocycles. The van der Waals surface area contributed by atoms with E-state index in [1.54, 1.807) is 0 Å². The molecule has 0 bridgehead atoms. The van der Waals surface area contributed by atoms with Gasteiger partial charge in [-0.15, -0.1) is 0 Å². The van der Waals surface area contributed by atoms with Crippen molar-refractivity contribution in [1.82, 2.24) is 4.90 Å². The second-order valence-corrected chi connectivity index (χ2v) is 6.80. The molecule has 0 unspecified atom stereocenters. The molecule has 0 radical (unpaired) electrons. The van der Waals surface area contributed by atoms with Crippen molar-refractivity contribution in [2.45, 2.75) is 6.42 Å². The summed E-state index contributed by atoms with van der Waals surface area (Å²) >= 11 is 0. The number of aromatic hydroxyl groups is 2. The van der Waals surface area contributed by atoms with Crippen molar-refractivity contribution in [2.24, 2.45) is 0 Å². The average Bonchev–Trinajstić information content (AvgIpc) is 2.53. The van der Waals surface area contributed by atoms with Gasteiger partial charge in [0, 0.05) is 18.7 Å². The van der Waals surface area contributed by atoms with Gasteiger partial charge in [0.05, 0.1) is 11.5 Å². The van der Waals surface area contributed by atoms with E-state index in [1.807, 2.05) is 0 Å². The van der Waals surface area contributed by atoms with E-state index in [9.17, 15) is 23.4 Å². The van der Waals surface area contributed by atoms with E-state index in [4.69, 9.17) is 0 Å². The molecule has 1 amide bonds. The molecule has 2 N–H and O–H groups in total. The van der Waals surface area contributed by atoms with Gasteiger partial charge in [0.2, 0.25) is 0 Å². The number of rotatable bonds is 1. The molecule has 2 rings (SSSR count). The smallest absolute Gasteiger partial charge is 0.254 e. The molecule has 1 heterocycles. The fraction of sp³-hybridized carbons (Fsp3) is 0.417. The molecule has 7 heteroatoms. The van der Waals surface area contributed by atoms with Crippen LogP contribution in [0.15, 0.2) is 18.2 Å². The van der Waals surface area contributed by atoms with E-state index >= 15 is 0 Å². The first-order valence-electron chi connectivity index (χ1n) is 5.91.